The molecule has 0 aromatic carbocycles. The van der Waals surface area contributed by atoms with Gasteiger partial charge in [-0.25, -0.2) is 14.2 Å². The number of hydrogen-bond acceptors (Lipinski definition) is 5. The second-order valence-corrected chi connectivity index (χ2v) is 16.9. The number of alkyl halides is 2. The number of esters is 1. The quantitative estimate of drug-likeness (QED) is 0.186. The van der Waals surface area contributed by atoms with E-state index in [2.05, 4.69) is 30.4 Å². The third-order valence-electron chi connectivity index (χ3n) is 6.01. The molecule has 0 radical (unpaired) electrons. The van der Waals surface area contributed by atoms with Gasteiger partial charge >= 0.3 is 11.9 Å². The average Bonchev–Trinajstić information content (AvgIpc) is 2.70. The maximum atomic E-state index is 16.1. The number of hydrogen-bond donors (Lipinski definition) is 1. The van der Waals surface area contributed by atoms with Crippen LogP contribution in [0.1, 0.15) is 61.1 Å². The zero-order valence-corrected chi connectivity index (χ0v) is 23.4. The fourth-order valence-corrected chi connectivity index (χ4v) is 8.75. The molecule has 5 nitrogen and oxygen atoms in total. The van der Waals surface area contributed by atoms with E-state index in [0.717, 1.165) is 6.92 Å². The van der Waals surface area contributed by atoms with Gasteiger partial charge in [0, 0.05) is 11.4 Å². The van der Waals surface area contributed by atoms with Crippen molar-refractivity contribution in [2.45, 2.75) is 89.7 Å². The van der Waals surface area contributed by atoms with E-state index < -0.39 is 53.1 Å². The molecule has 0 saturated carbocycles. The highest BCUT2D eigenvalue weighted by molar-refractivity contribution is 9.10. The van der Waals surface area contributed by atoms with E-state index in [4.69, 9.17) is 0 Å². The van der Waals surface area contributed by atoms with Crippen LogP contribution in [0.2, 0.25) is 18.1 Å². The van der Waals surface area contributed by atoms with Crippen molar-refractivity contribution in [1.29, 1.82) is 0 Å². The summed E-state index contributed by atoms with van der Waals surface area (Å²) in [5, 5.41) is 0.357. The van der Waals surface area contributed by atoms with E-state index in [1.807, 2.05) is 20.8 Å². The molecule has 1 N–H and O–H groups in total. The van der Waals surface area contributed by atoms with E-state index in [9.17, 15) is 9.35 Å². The number of nitrogens with one attached hydrogen (secondary N) is 1. The molecule has 0 aliphatic rings. The van der Waals surface area contributed by atoms with Gasteiger partial charge in [-0.1, -0.05) is 38.9 Å². The minimum atomic E-state index is -4.26. The highest BCUT2D eigenvalue weighted by Crippen LogP contribution is 2.41. The van der Waals surface area contributed by atoms with Gasteiger partial charge < -0.3 is 9.29 Å². The fourth-order valence-electron chi connectivity index (χ4n) is 3.56. The Morgan fingerprint density at radius 3 is 2.09 bits per heavy atom. The number of aromatic nitrogens is 1. The van der Waals surface area contributed by atoms with Crippen molar-refractivity contribution in [1.82, 2.24) is 9.71 Å². The van der Waals surface area contributed by atoms with Crippen molar-refractivity contribution >= 4 is 46.5 Å². The molecule has 0 amide bonds. The van der Waals surface area contributed by atoms with Crippen LogP contribution in [0.25, 0.3) is 0 Å². The normalized spacial score (nSPS) is 15.9. The highest BCUT2D eigenvalue weighted by Gasteiger charge is 2.64. The van der Waals surface area contributed by atoms with Crippen LogP contribution in [0, 0.1) is 5.82 Å². The van der Waals surface area contributed by atoms with E-state index >= 15 is 13.2 Å². The van der Waals surface area contributed by atoms with Gasteiger partial charge in [-0.2, -0.15) is 8.78 Å². The SMILES string of the molecule is CCOC(=O)C(F)(F)[C@](C)(N[S+]([O-])C(C)(C)C)c1nc(Br)cc([Si](CC)(CC)CC)c1F. The van der Waals surface area contributed by atoms with E-state index in [1.165, 1.54) is 6.92 Å². The maximum absolute atomic E-state index is 16.1. The molecular formula is C21H34BrF3N2O3SSi. The third-order valence-corrected chi connectivity index (χ3v) is 13.7. The lowest BCUT2D eigenvalue weighted by Gasteiger charge is -2.39. The molecule has 32 heavy (non-hydrogen) atoms. The number of ether oxygens (including phenoxy) is 1. The first-order valence-corrected chi connectivity index (χ1v) is 15.3. The molecular weight excluding hydrogens is 525 g/mol. The standard InChI is InChI=1S/C21H34BrF3N2O3SSi/c1-9-30-18(28)21(24,25)20(8,27-31(29)19(5,6)7)17-16(23)14(13-15(22)26-17)32(10-2,11-3)12-4/h13,27H,9-12H2,1-8H3/t20-,31?/m1/s1. The molecule has 0 aliphatic carbocycles. The summed E-state index contributed by atoms with van der Waals surface area (Å²) < 4.78 is 66.3. The Kier molecular flexibility index (Phi) is 9.88. The predicted molar refractivity (Wildman–Crippen MR) is 129 cm³/mol. The Labute approximate surface area is 201 Å². The number of carbonyl (C=O) groups is 1. The van der Waals surface area contributed by atoms with E-state index in [1.54, 1.807) is 26.8 Å². The van der Waals surface area contributed by atoms with Gasteiger partial charge in [-0.3, -0.25) is 0 Å². The second-order valence-electron chi connectivity index (χ2n) is 8.90. The maximum Gasteiger partial charge on any atom is 0.379 e. The Hall–Kier alpha value is -0.623. The monoisotopic (exact) mass is 558 g/mol. The smallest absolute Gasteiger partial charge is 0.379 e. The zero-order chi connectivity index (χ0) is 25.1. The van der Waals surface area contributed by atoms with Crippen molar-refractivity contribution in [3.8, 4) is 0 Å². The zero-order valence-electron chi connectivity index (χ0n) is 20.0. The molecule has 2 atom stereocenters. The molecule has 0 spiro atoms. The van der Waals surface area contributed by atoms with Crippen LogP contribution in [-0.2, 0) is 26.4 Å². The fraction of sp³-hybridized carbons (Fsp3) is 0.714. The first kappa shape index (κ1) is 29.4. The number of halogens is 4. The lowest BCUT2D eigenvalue weighted by Crippen LogP contribution is -2.63. The van der Waals surface area contributed by atoms with Crippen LogP contribution in [0.3, 0.4) is 0 Å². The van der Waals surface area contributed by atoms with Crippen LogP contribution in [-0.4, -0.2) is 40.9 Å². The van der Waals surface area contributed by atoms with Crippen molar-refractivity contribution in [2.24, 2.45) is 0 Å². The van der Waals surface area contributed by atoms with Gasteiger partial charge in [0.2, 0.25) is 0 Å². The number of carbonyl (C=O) groups excluding carboxylic acids is 1. The Morgan fingerprint density at radius 2 is 1.69 bits per heavy atom. The minimum absolute atomic E-state index is 0.172. The van der Waals surface area contributed by atoms with Crippen molar-refractivity contribution in [2.75, 3.05) is 6.61 Å². The predicted octanol–water partition coefficient (Wildman–Crippen LogP) is 5.16. The van der Waals surface area contributed by atoms with Gasteiger partial charge in [0.25, 0.3) is 0 Å². The van der Waals surface area contributed by atoms with E-state index in [0.29, 0.717) is 23.3 Å². The van der Waals surface area contributed by atoms with Crippen LogP contribution >= 0.6 is 15.9 Å². The number of pyridine rings is 1. The molecule has 0 saturated heterocycles. The molecule has 1 rings (SSSR count). The van der Waals surface area contributed by atoms with Crippen LogP contribution < -0.4 is 9.91 Å². The van der Waals surface area contributed by atoms with Gasteiger partial charge in [-0.15, -0.1) is 4.72 Å². The molecule has 1 unspecified atom stereocenters. The molecule has 184 valence electrons. The number of nitrogens with zero attached hydrogens (tertiary/aromatic N) is 1. The van der Waals surface area contributed by atoms with Crippen LogP contribution in [0.5, 0.6) is 0 Å². The Bertz CT molecular complexity index is 814. The van der Waals surface area contributed by atoms with Crippen LogP contribution in [0.15, 0.2) is 10.7 Å². The topological polar surface area (TPSA) is 74.3 Å². The Balaban J connectivity index is 3.95. The second kappa shape index (κ2) is 10.8. The highest BCUT2D eigenvalue weighted by atomic mass is 79.9. The van der Waals surface area contributed by atoms with Gasteiger partial charge in [-0.05, 0) is 61.8 Å². The summed E-state index contributed by atoms with van der Waals surface area (Å²) in [6, 6.07) is 3.67. The lowest BCUT2D eigenvalue weighted by atomic mass is 9.90. The van der Waals surface area contributed by atoms with E-state index in [-0.39, 0.29) is 11.2 Å². The lowest BCUT2D eigenvalue weighted by molar-refractivity contribution is -0.184. The molecule has 11 heteroatoms. The average molecular weight is 560 g/mol. The molecule has 0 fully saturated rings. The summed E-state index contributed by atoms with van der Waals surface area (Å²) in [7, 11) is -2.37. The largest absolute Gasteiger partial charge is 0.598 e. The molecule has 1 aromatic rings. The van der Waals surface area contributed by atoms with Crippen molar-refractivity contribution < 1.29 is 27.3 Å². The Morgan fingerprint density at radius 1 is 1.19 bits per heavy atom. The first-order chi connectivity index (χ1) is 14.6. The summed E-state index contributed by atoms with van der Waals surface area (Å²) in [6.07, 6.45) is 0. The van der Waals surface area contributed by atoms with Gasteiger partial charge in [0.1, 0.15) is 20.9 Å². The first-order valence-electron chi connectivity index (χ1n) is 10.7. The van der Waals surface area contributed by atoms with Gasteiger partial charge in [0.05, 0.1) is 14.7 Å². The number of rotatable bonds is 10. The summed E-state index contributed by atoms with van der Waals surface area (Å²) in [6.45, 7) is 12.7. The summed E-state index contributed by atoms with van der Waals surface area (Å²) in [5.74, 6) is -6.99. The molecule has 1 heterocycles. The van der Waals surface area contributed by atoms with Gasteiger partial charge in [0.15, 0.2) is 5.54 Å². The molecule has 0 bridgehead atoms. The van der Waals surface area contributed by atoms with Crippen molar-refractivity contribution in [3.05, 3.63) is 22.2 Å². The minimum Gasteiger partial charge on any atom is -0.598 e. The van der Waals surface area contributed by atoms with Crippen molar-refractivity contribution in [3.63, 3.8) is 0 Å². The summed E-state index contributed by atoms with van der Waals surface area (Å²) >= 11 is 1.17. The van der Waals surface area contributed by atoms with Crippen LogP contribution in [0.4, 0.5) is 13.2 Å². The molecule has 1 aromatic heterocycles. The third kappa shape index (κ3) is 5.53. The summed E-state index contributed by atoms with van der Waals surface area (Å²) in [5.41, 5.74) is -3.39. The molecule has 0 aliphatic heterocycles. The summed E-state index contributed by atoms with van der Waals surface area (Å²) in [4.78, 5) is 16.3.